The molecule has 0 N–H and O–H groups in total. The molecule has 3 nitrogen and oxygen atoms in total. The van der Waals surface area contributed by atoms with Gasteiger partial charge >= 0.3 is 0 Å². The van der Waals surface area contributed by atoms with Gasteiger partial charge in [-0.25, -0.2) is 0 Å². The maximum Gasteiger partial charge on any atom is 0.246 e. The molecular weight excluding hydrogens is 380 g/mol. The summed E-state index contributed by atoms with van der Waals surface area (Å²) in [6, 6.07) is 0. The summed E-state index contributed by atoms with van der Waals surface area (Å²) in [4.78, 5) is 14.7. The number of allylic oxidation sites excluding steroid dienone is 7. The quantitative estimate of drug-likeness (QED) is 0.189. The molecule has 0 unspecified atom stereocenters. The predicted octanol–water partition coefficient (Wildman–Crippen LogP) is 6.83. The van der Waals surface area contributed by atoms with E-state index in [4.69, 9.17) is 0 Å². The molecule has 1 fully saturated rings. The van der Waals surface area contributed by atoms with Crippen molar-refractivity contribution in [3.63, 3.8) is 0 Å². The molecule has 1 heterocycles. The summed E-state index contributed by atoms with van der Waals surface area (Å²) < 4.78 is 1.15. The standard InChI is InChI=1S/C28H49N2O/c1-8-30(9-2)21-19-29(20-22-30)28(31)23-27(7)18-12-17-26(6)16-11-15-25(5)14-10-13-24(3)4/h13,15,17,23H,8-12,14,16,18-22H2,1-7H3/q+1/b25-15+,26-17+,27-23+. The summed E-state index contributed by atoms with van der Waals surface area (Å²) in [6.45, 7) is 21.8. The number of piperazine rings is 1. The minimum atomic E-state index is 0.205. The molecule has 0 spiro atoms. The monoisotopic (exact) mass is 429 g/mol. The lowest BCUT2D eigenvalue weighted by Crippen LogP contribution is -2.60. The van der Waals surface area contributed by atoms with Gasteiger partial charge in [0.25, 0.3) is 0 Å². The summed E-state index contributed by atoms with van der Waals surface area (Å²) >= 11 is 0. The van der Waals surface area contributed by atoms with Crippen LogP contribution in [0.1, 0.15) is 87.0 Å². The Morgan fingerprint density at radius 1 is 0.742 bits per heavy atom. The molecule has 31 heavy (non-hydrogen) atoms. The van der Waals surface area contributed by atoms with E-state index in [1.165, 1.54) is 41.8 Å². The lowest BCUT2D eigenvalue weighted by atomic mass is 10.0. The van der Waals surface area contributed by atoms with Gasteiger partial charge in [0, 0.05) is 6.08 Å². The second-order valence-electron chi connectivity index (χ2n) is 9.74. The van der Waals surface area contributed by atoms with E-state index in [0.29, 0.717) is 0 Å². The van der Waals surface area contributed by atoms with Crippen LogP contribution >= 0.6 is 0 Å². The molecule has 0 aromatic carbocycles. The van der Waals surface area contributed by atoms with E-state index in [1.54, 1.807) is 0 Å². The van der Waals surface area contributed by atoms with Crippen molar-refractivity contribution in [2.75, 3.05) is 39.3 Å². The molecule has 1 rings (SSSR count). The van der Waals surface area contributed by atoms with Crippen molar-refractivity contribution in [3.8, 4) is 0 Å². The van der Waals surface area contributed by atoms with Crippen molar-refractivity contribution in [2.45, 2.75) is 87.0 Å². The van der Waals surface area contributed by atoms with Gasteiger partial charge in [-0.3, -0.25) is 4.79 Å². The van der Waals surface area contributed by atoms with Crippen LogP contribution in [0, 0.1) is 0 Å². The molecule has 176 valence electrons. The average molecular weight is 430 g/mol. The molecule has 0 saturated carbocycles. The highest BCUT2D eigenvalue weighted by molar-refractivity contribution is 5.88. The molecule has 0 aliphatic carbocycles. The van der Waals surface area contributed by atoms with Crippen LogP contribution in [0.5, 0.6) is 0 Å². The molecular formula is C28H49N2O+. The fraction of sp³-hybridized carbons (Fsp3) is 0.679. The number of rotatable bonds is 12. The fourth-order valence-corrected chi connectivity index (χ4v) is 4.23. The molecule has 0 aromatic heterocycles. The molecule has 1 aliphatic heterocycles. The molecule has 0 atom stereocenters. The van der Waals surface area contributed by atoms with E-state index in [-0.39, 0.29) is 5.91 Å². The second-order valence-corrected chi connectivity index (χ2v) is 9.74. The Hall–Kier alpha value is -1.61. The summed E-state index contributed by atoms with van der Waals surface area (Å²) in [5.74, 6) is 0.205. The Balaban J connectivity index is 2.35. The van der Waals surface area contributed by atoms with Crippen molar-refractivity contribution in [3.05, 3.63) is 46.6 Å². The Morgan fingerprint density at radius 2 is 1.19 bits per heavy atom. The van der Waals surface area contributed by atoms with Gasteiger partial charge in [-0.2, -0.15) is 0 Å². The molecule has 1 amide bonds. The van der Waals surface area contributed by atoms with Crippen molar-refractivity contribution >= 4 is 5.91 Å². The third-order valence-corrected chi connectivity index (χ3v) is 6.87. The summed E-state index contributed by atoms with van der Waals surface area (Å²) in [5.41, 5.74) is 5.55. The van der Waals surface area contributed by atoms with Crippen LogP contribution < -0.4 is 0 Å². The normalized spacial score (nSPS) is 17.6. The largest absolute Gasteiger partial charge is 0.328 e. The third-order valence-electron chi connectivity index (χ3n) is 6.87. The number of amides is 1. The van der Waals surface area contributed by atoms with Crippen LogP contribution in [0.3, 0.4) is 0 Å². The van der Waals surface area contributed by atoms with E-state index in [9.17, 15) is 4.79 Å². The Labute approximate surface area is 193 Å². The zero-order chi connectivity index (χ0) is 23.3. The van der Waals surface area contributed by atoms with Crippen LogP contribution in [0.15, 0.2) is 46.6 Å². The first-order valence-corrected chi connectivity index (χ1v) is 12.5. The third kappa shape index (κ3) is 11.0. The zero-order valence-corrected chi connectivity index (χ0v) is 21.6. The number of likely N-dealkylation sites (N-methyl/N-ethyl adjacent to an activating group) is 1. The highest BCUT2D eigenvalue weighted by atomic mass is 16.2. The first-order chi connectivity index (χ1) is 14.7. The van der Waals surface area contributed by atoms with Crippen LogP contribution in [0.2, 0.25) is 0 Å². The lowest BCUT2D eigenvalue weighted by Gasteiger charge is -2.43. The van der Waals surface area contributed by atoms with Crippen LogP contribution in [-0.2, 0) is 4.79 Å². The average Bonchev–Trinajstić information content (AvgIpc) is 2.73. The van der Waals surface area contributed by atoms with Gasteiger partial charge in [-0.15, -0.1) is 0 Å². The zero-order valence-electron chi connectivity index (χ0n) is 21.6. The van der Waals surface area contributed by atoms with Crippen LogP contribution in [0.4, 0.5) is 0 Å². The molecule has 0 aromatic rings. The van der Waals surface area contributed by atoms with E-state index >= 15 is 0 Å². The van der Waals surface area contributed by atoms with Gasteiger partial charge in [-0.05, 0) is 87.0 Å². The van der Waals surface area contributed by atoms with E-state index in [2.05, 4.69) is 66.7 Å². The highest BCUT2D eigenvalue weighted by Crippen LogP contribution is 2.16. The van der Waals surface area contributed by atoms with Gasteiger partial charge in [0.15, 0.2) is 0 Å². The fourth-order valence-electron chi connectivity index (χ4n) is 4.23. The molecule has 0 radical (unpaired) electrons. The number of carbonyl (C=O) groups excluding carboxylic acids is 1. The van der Waals surface area contributed by atoms with Crippen molar-refractivity contribution in [1.82, 2.24) is 4.90 Å². The number of hydrogen-bond donors (Lipinski definition) is 0. The van der Waals surface area contributed by atoms with Gasteiger partial charge < -0.3 is 9.38 Å². The number of carbonyl (C=O) groups is 1. The summed E-state index contributed by atoms with van der Waals surface area (Å²) in [6.07, 6.45) is 15.5. The first kappa shape index (κ1) is 27.4. The van der Waals surface area contributed by atoms with Gasteiger partial charge in [0.2, 0.25) is 5.91 Å². The van der Waals surface area contributed by atoms with Crippen LogP contribution in [0.25, 0.3) is 0 Å². The van der Waals surface area contributed by atoms with Crippen molar-refractivity contribution in [1.29, 1.82) is 0 Å². The van der Waals surface area contributed by atoms with E-state index in [1.807, 2.05) is 11.0 Å². The maximum atomic E-state index is 12.6. The Kier molecular flexibility index (Phi) is 12.8. The smallest absolute Gasteiger partial charge is 0.246 e. The minimum absolute atomic E-state index is 0.205. The molecule has 0 bridgehead atoms. The summed E-state index contributed by atoms with van der Waals surface area (Å²) in [5, 5.41) is 0. The van der Waals surface area contributed by atoms with Crippen molar-refractivity contribution < 1.29 is 9.28 Å². The lowest BCUT2D eigenvalue weighted by molar-refractivity contribution is -0.928. The van der Waals surface area contributed by atoms with Crippen LogP contribution in [-0.4, -0.2) is 54.6 Å². The Morgan fingerprint density at radius 3 is 1.65 bits per heavy atom. The molecule has 1 saturated heterocycles. The second kappa shape index (κ2) is 14.5. The van der Waals surface area contributed by atoms with E-state index < -0.39 is 0 Å². The number of hydrogen-bond acceptors (Lipinski definition) is 1. The first-order valence-electron chi connectivity index (χ1n) is 12.5. The molecule has 3 heteroatoms. The SMILES string of the molecule is CC[N+]1(CC)CCN(C(=O)/C=C(\C)CC/C=C(\C)CC/C=C(\C)CCC=C(C)C)CC1. The number of nitrogens with zero attached hydrogens (tertiary/aromatic N) is 2. The van der Waals surface area contributed by atoms with Gasteiger partial charge in [0.05, 0.1) is 39.3 Å². The number of quaternary nitrogens is 1. The van der Waals surface area contributed by atoms with Gasteiger partial charge in [-0.1, -0.05) is 40.5 Å². The topological polar surface area (TPSA) is 20.3 Å². The Bertz CT molecular complexity index is 663. The summed E-state index contributed by atoms with van der Waals surface area (Å²) in [7, 11) is 0. The van der Waals surface area contributed by atoms with E-state index in [0.717, 1.165) is 62.8 Å². The molecule has 1 aliphatic rings. The highest BCUT2D eigenvalue weighted by Gasteiger charge is 2.30. The minimum Gasteiger partial charge on any atom is -0.328 e. The van der Waals surface area contributed by atoms with Gasteiger partial charge in [0.1, 0.15) is 0 Å². The predicted molar refractivity (Wildman–Crippen MR) is 136 cm³/mol. The van der Waals surface area contributed by atoms with Crippen molar-refractivity contribution in [2.24, 2.45) is 0 Å². The maximum absolute atomic E-state index is 12.6.